The highest BCUT2D eigenvalue weighted by Gasteiger charge is 2.12. The van der Waals surface area contributed by atoms with E-state index in [-0.39, 0.29) is 11.7 Å². The zero-order chi connectivity index (χ0) is 20.2. The van der Waals surface area contributed by atoms with E-state index >= 15 is 0 Å². The minimum atomic E-state index is -0.118. The van der Waals surface area contributed by atoms with E-state index in [4.69, 9.17) is 28.2 Å². The minimum Gasteiger partial charge on any atom is -0.325 e. The van der Waals surface area contributed by atoms with Crippen molar-refractivity contribution in [3.63, 3.8) is 0 Å². The fraction of sp³-hybridized carbons (Fsp3) is 0.0455. The van der Waals surface area contributed by atoms with Crippen molar-refractivity contribution >= 4 is 57.5 Å². The van der Waals surface area contributed by atoms with Gasteiger partial charge in [0.2, 0.25) is 5.91 Å². The number of nitrogens with one attached hydrogen (secondary N) is 1. The van der Waals surface area contributed by atoms with Crippen LogP contribution in [0.1, 0.15) is 0 Å². The highest BCUT2D eigenvalue weighted by Crippen LogP contribution is 2.29. The van der Waals surface area contributed by atoms with Gasteiger partial charge in [0.1, 0.15) is 5.03 Å². The molecule has 0 spiro atoms. The molecule has 0 aliphatic carbocycles. The van der Waals surface area contributed by atoms with Crippen LogP contribution in [0, 0.1) is 0 Å². The predicted octanol–water partition coefficient (Wildman–Crippen LogP) is 6.33. The van der Waals surface area contributed by atoms with Gasteiger partial charge in [-0.15, -0.1) is 0 Å². The van der Waals surface area contributed by atoms with Crippen LogP contribution < -0.4 is 5.32 Å². The molecule has 4 aromatic rings. The lowest BCUT2D eigenvalue weighted by Gasteiger charge is -2.09. The molecule has 0 saturated carbocycles. The Morgan fingerprint density at radius 1 is 0.862 bits per heavy atom. The molecule has 0 aliphatic rings. The van der Waals surface area contributed by atoms with Gasteiger partial charge in [0.15, 0.2) is 5.82 Å². The number of aromatic nitrogens is 2. The van der Waals surface area contributed by atoms with Crippen LogP contribution in [0.4, 0.5) is 5.69 Å². The molecule has 0 saturated heterocycles. The lowest BCUT2D eigenvalue weighted by molar-refractivity contribution is -0.113. The summed E-state index contributed by atoms with van der Waals surface area (Å²) >= 11 is 13.2. The molecule has 3 aromatic carbocycles. The van der Waals surface area contributed by atoms with Crippen molar-refractivity contribution in [3.8, 4) is 11.4 Å². The minimum absolute atomic E-state index is 0.118. The topological polar surface area (TPSA) is 54.9 Å². The molecule has 7 heteroatoms. The summed E-state index contributed by atoms with van der Waals surface area (Å²) in [6, 6.07) is 22.2. The number of carbonyl (C=O) groups excluding carboxylic acids is 1. The third-order valence-electron chi connectivity index (χ3n) is 4.14. The van der Waals surface area contributed by atoms with Crippen LogP contribution in [-0.2, 0) is 4.79 Å². The van der Waals surface area contributed by atoms with Gasteiger partial charge in [-0.2, -0.15) is 0 Å². The smallest absolute Gasteiger partial charge is 0.234 e. The van der Waals surface area contributed by atoms with Gasteiger partial charge in [-0.05, 0) is 54.6 Å². The van der Waals surface area contributed by atoms with Gasteiger partial charge in [0, 0.05) is 26.7 Å². The van der Waals surface area contributed by atoms with E-state index in [0.29, 0.717) is 21.6 Å². The maximum absolute atomic E-state index is 12.4. The summed E-state index contributed by atoms with van der Waals surface area (Å²) in [5.74, 6) is 0.706. The summed E-state index contributed by atoms with van der Waals surface area (Å²) in [7, 11) is 0. The molecule has 0 fully saturated rings. The van der Waals surface area contributed by atoms with E-state index in [1.165, 1.54) is 11.8 Å². The Bertz CT molecular complexity index is 1170. The largest absolute Gasteiger partial charge is 0.325 e. The number of halogens is 2. The summed E-state index contributed by atoms with van der Waals surface area (Å²) in [6.07, 6.45) is 0. The summed E-state index contributed by atoms with van der Waals surface area (Å²) in [5, 5.41) is 5.81. The number of fused-ring (bicyclic) bond motifs is 1. The zero-order valence-electron chi connectivity index (χ0n) is 15.1. The molecule has 4 rings (SSSR count). The second kappa shape index (κ2) is 8.82. The van der Waals surface area contributed by atoms with Gasteiger partial charge in [0.25, 0.3) is 0 Å². The second-order valence-electron chi connectivity index (χ2n) is 6.22. The Hall–Kier alpha value is -2.60. The number of anilines is 1. The monoisotopic (exact) mass is 439 g/mol. The van der Waals surface area contributed by atoms with Crippen molar-refractivity contribution in [2.45, 2.75) is 5.03 Å². The van der Waals surface area contributed by atoms with Gasteiger partial charge in [-0.3, -0.25) is 4.79 Å². The maximum Gasteiger partial charge on any atom is 0.234 e. The number of carbonyl (C=O) groups is 1. The Kier molecular flexibility index (Phi) is 6.00. The van der Waals surface area contributed by atoms with E-state index in [1.54, 1.807) is 24.3 Å². The molecule has 1 N–H and O–H groups in total. The third kappa shape index (κ3) is 4.88. The molecule has 1 amide bonds. The molecule has 0 atom stereocenters. The maximum atomic E-state index is 12.4. The number of amides is 1. The standard InChI is InChI=1S/C22H15Cl2N3OS/c23-15-7-5-14(6-8-15)21-26-19-4-2-1-3-18(19)22(27-21)29-13-20(28)25-17-11-9-16(24)10-12-17/h1-12H,13H2,(H,25,28). The van der Waals surface area contributed by atoms with E-state index in [0.717, 1.165) is 21.5 Å². The van der Waals surface area contributed by atoms with Gasteiger partial charge in [0.05, 0.1) is 11.3 Å². The van der Waals surface area contributed by atoms with Crippen LogP contribution in [-0.4, -0.2) is 21.6 Å². The Morgan fingerprint density at radius 3 is 2.24 bits per heavy atom. The average molecular weight is 440 g/mol. The van der Waals surface area contributed by atoms with E-state index in [2.05, 4.69) is 10.3 Å². The fourth-order valence-electron chi connectivity index (χ4n) is 2.75. The average Bonchev–Trinajstić information content (AvgIpc) is 2.74. The number of hydrogen-bond acceptors (Lipinski definition) is 4. The lowest BCUT2D eigenvalue weighted by Crippen LogP contribution is -2.14. The first-order valence-electron chi connectivity index (χ1n) is 8.79. The number of thioether (sulfide) groups is 1. The van der Waals surface area contributed by atoms with Crippen LogP contribution in [0.2, 0.25) is 10.0 Å². The molecular weight excluding hydrogens is 425 g/mol. The van der Waals surface area contributed by atoms with Gasteiger partial charge in [-0.25, -0.2) is 9.97 Å². The van der Waals surface area contributed by atoms with Crippen molar-refractivity contribution in [1.82, 2.24) is 9.97 Å². The number of rotatable bonds is 5. The van der Waals surface area contributed by atoms with Crippen molar-refractivity contribution < 1.29 is 4.79 Å². The van der Waals surface area contributed by atoms with Crippen LogP contribution in [0.5, 0.6) is 0 Å². The van der Waals surface area contributed by atoms with Crippen LogP contribution in [0.3, 0.4) is 0 Å². The number of para-hydroxylation sites is 1. The Morgan fingerprint density at radius 2 is 1.52 bits per heavy atom. The molecule has 1 aromatic heterocycles. The molecule has 144 valence electrons. The van der Waals surface area contributed by atoms with E-state index in [1.807, 2.05) is 48.5 Å². The molecule has 0 bridgehead atoms. The summed E-state index contributed by atoms with van der Waals surface area (Å²) in [6.45, 7) is 0. The van der Waals surface area contributed by atoms with Crippen LogP contribution >= 0.6 is 35.0 Å². The van der Waals surface area contributed by atoms with Gasteiger partial charge < -0.3 is 5.32 Å². The van der Waals surface area contributed by atoms with Gasteiger partial charge >= 0.3 is 0 Å². The SMILES string of the molecule is O=C(CSc1nc(-c2ccc(Cl)cc2)nc2ccccc12)Nc1ccc(Cl)cc1. The van der Waals surface area contributed by atoms with Gasteiger partial charge in [-0.1, -0.05) is 53.2 Å². The van der Waals surface area contributed by atoms with Crippen molar-refractivity contribution in [2.24, 2.45) is 0 Å². The summed E-state index contributed by atoms with van der Waals surface area (Å²) < 4.78 is 0. The molecule has 0 unspecified atom stereocenters. The molecule has 29 heavy (non-hydrogen) atoms. The summed E-state index contributed by atoms with van der Waals surface area (Å²) in [4.78, 5) is 21.7. The van der Waals surface area contributed by atoms with Crippen LogP contribution in [0.25, 0.3) is 22.3 Å². The normalized spacial score (nSPS) is 10.8. The van der Waals surface area contributed by atoms with E-state index < -0.39 is 0 Å². The Balaban J connectivity index is 1.57. The van der Waals surface area contributed by atoms with Crippen molar-refractivity contribution in [3.05, 3.63) is 82.8 Å². The Labute approximate surface area is 182 Å². The molecular formula is C22H15Cl2N3OS. The van der Waals surface area contributed by atoms with Crippen molar-refractivity contribution in [1.29, 1.82) is 0 Å². The third-order valence-corrected chi connectivity index (χ3v) is 5.63. The second-order valence-corrected chi connectivity index (χ2v) is 8.06. The number of benzene rings is 3. The summed E-state index contributed by atoms with van der Waals surface area (Å²) in [5.41, 5.74) is 2.40. The zero-order valence-corrected chi connectivity index (χ0v) is 17.4. The molecule has 0 aliphatic heterocycles. The number of hydrogen-bond donors (Lipinski definition) is 1. The highest BCUT2D eigenvalue weighted by molar-refractivity contribution is 8.00. The van der Waals surface area contributed by atoms with E-state index in [9.17, 15) is 4.79 Å². The highest BCUT2D eigenvalue weighted by atomic mass is 35.5. The number of nitrogens with zero attached hydrogens (tertiary/aromatic N) is 2. The first-order valence-corrected chi connectivity index (χ1v) is 10.5. The predicted molar refractivity (Wildman–Crippen MR) is 121 cm³/mol. The molecule has 0 radical (unpaired) electrons. The van der Waals surface area contributed by atoms with Crippen molar-refractivity contribution in [2.75, 3.05) is 11.1 Å². The fourth-order valence-corrected chi connectivity index (χ4v) is 3.82. The quantitative estimate of drug-likeness (QED) is 0.291. The lowest BCUT2D eigenvalue weighted by atomic mass is 10.2. The molecule has 4 nitrogen and oxygen atoms in total. The van der Waals surface area contributed by atoms with Crippen LogP contribution in [0.15, 0.2) is 77.8 Å². The first-order chi connectivity index (χ1) is 14.1. The first kappa shape index (κ1) is 19.7. The molecule has 1 heterocycles.